The number of anilines is 1. The number of carbonyl (C=O) groups excluding carboxylic acids is 3. The number of piperazine rings is 1. The van der Waals surface area contributed by atoms with Crippen LogP contribution in [0, 0.1) is 6.92 Å². The molecule has 2 aromatic carbocycles. The molecule has 1 fully saturated rings. The van der Waals surface area contributed by atoms with Crippen LogP contribution in [0.5, 0.6) is 0 Å². The normalized spacial score (nSPS) is 13.4. The Labute approximate surface area is 189 Å². The highest BCUT2D eigenvalue weighted by Crippen LogP contribution is 2.12. The van der Waals surface area contributed by atoms with Gasteiger partial charge in [0.1, 0.15) is 0 Å². The van der Waals surface area contributed by atoms with Crippen molar-refractivity contribution < 1.29 is 14.4 Å². The Morgan fingerprint density at radius 1 is 0.938 bits per heavy atom. The minimum absolute atomic E-state index is 0.0187. The smallest absolute Gasteiger partial charge is 0.321 e. The Bertz CT molecular complexity index is 926. The van der Waals surface area contributed by atoms with Gasteiger partial charge in [-0.25, -0.2) is 9.59 Å². The summed E-state index contributed by atoms with van der Waals surface area (Å²) < 4.78 is 0. The largest absolute Gasteiger partial charge is 0.339 e. The molecule has 2 aromatic rings. The van der Waals surface area contributed by atoms with E-state index in [4.69, 9.17) is 0 Å². The van der Waals surface area contributed by atoms with Crippen LogP contribution in [0.1, 0.15) is 17.5 Å². The maximum Gasteiger partial charge on any atom is 0.321 e. The standard InChI is InChI=1S/C24H31N5O3/c1-19-7-6-10-21(17-19)26-24(32)29-15-13-28(14-16-29)22(30)11-12-25-23(31)27(2)18-20-8-4-3-5-9-20/h3-10,17H,11-16,18H2,1-2H3,(H,25,31)(H,26,32). The number of amides is 5. The monoisotopic (exact) mass is 437 g/mol. The first kappa shape index (κ1) is 23.1. The number of nitrogens with one attached hydrogen (secondary N) is 2. The molecule has 1 saturated heterocycles. The molecule has 0 aliphatic carbocycles. The highest BCUT2D eigenvalue weighted by Gasteiger charge is 2.24. The number of carbonyl (C=O) groups is 3. The molecule has 32 heavy (non-hydrogen) atoms. The Kier molecular flexibility index (Phi) is 8.08. The molecule has 0 atom stereocenters. The van der Waals surface area contributed by atoms with Gasteiger partial charge in [0.15, 0.2) is 0 Å². The zero-order valence-corrected chi connectivity index (χ0v) is 18.7. The molecule has 170 valence electrons. The molecule has 8 heteroatoms. The van der Waals surface area contributed by atoms with Gasteiger partial charge in [-0.05, 0) is 30.2 Å². The lowest BCUT2D eigenvalue weighted by atomic mass is 10.2. The van der Waals surface area contributed by atoms with E-state index in [1.165, 1.54) is 0 Å². The lowest BCUT2D eigenvalue weighted by molar-refractivity contribution is -0.132. The molecule has 0 saturated carbocycles. The average Bonchev–Trinajstić information content (AvgIpc) is 2.79. The fraction of sp³-hybridized carbons (Fsp3) is 0.375. The number of urea groups is 2. The van der Waals surface area contributed by atoms with E-state index < -0.39 is 0 Å². The first-order valence-electron chi connectivity index (χ1n) is 10.9. The van der Waals surface area contributed by atoms with Gasteiger partial charge in [0.05, 0.1) is 0 Å². The van der Waals surface area contributed by atoms with Crippen LogP contribution in [0.4, 0.5) is 15.3 Å². The fourth-order valence-corrected chi connectivity index (χ4v) is 3.58. The van der Waals surface area contributed by atoms with Crippen molar-refractivity contribution in [3.8, 4) is 0 Å². The summed E-state index contributed by atoms with van der Waals surface area (Å²) in [5.74, 6) is -0.0187. The second-order valence-corrected chi connectivity index (χ2v) is 7.99. The molecule has 0 spiro atoms. The van der Waals surface area contributed by atoms with Gasteiger partial charge >= 0.3 is 12.1 Å². The minimum Gasteiger partial charge on any atom is -0.339 e. The quantitative estimate of drug-likeness (QED) is 0.729. The zero-order chi connectivity index (χ0) is 22.9. The SMILES string of the molecule is Cc1cccc(NC(=O)N2CCN(C(=O)CCNC(=O)N(C)Cc3ccccc3)CC2)c1. The van der Waals surface area contributed by atoms with Crippen molar-refractivity contribution in [2.24, 2.45) is 0 Å². The van der Waals surface area contributed by atoms with Crippen molar-refractivity contribution in [2.45, 2.75) is 19.9 Å². The van der Waals surface area contributed by atoms with Gasteiger partial charge in [0.2, 0.25) is 5.91 Å². The van der Waals surface area contributed by atoms with Crippen molar-refractivity contribution in [2.75, 3.05) is 45.1 Å². The second-order valence-electron chi connectivity index (χ2n) is 7.99. The van der Waals surface area contributed by atoms with Crippen LogP contribution in [-0.2, 0) is 11.3 Å². The number of hydrogen-bond donors (Lipinski definition) is 2. The lowest BCUT2D eigenvalue weighted by Gasteiger charge is -2.34. The zero-order valence-electron chi connectivity index (χ0n) is 18.7. The molecule has 3 rings (SSSR count). The van der Waals surface area contributed by atoms with Crippen LogP contribution < -0.4 is 10.6 Å². The predicted octanol–water partition coefficient (Wildman–Crippen LogP) is 2.90. The minimum atomic E-state index is -0.209. The first-order chi connectivity index (χ1) is 15.4. The van der Waals surface area contributed by atoms with E-state index in [1.807, 2.05) is 61.5 Å². The van der Waals surface area contributed by atoms with Gasteiger partial charge < -0.3 is 25.3 Å². The van der Waals surface area contributed by atoms with Crippen molar-refractivity contribution >= 4 is 23.7 Å². The van der Waals surface area contributed by atoms with Gasteiger partial charge in [-0.2, -0.15) is 0 Å². The molecule has 1 aliphatic heterocycles. The average molecular weight is 438 g/mol. The summed E-state index contributed by atoms with van der Waals surface area (Å²) in [6.07, 6.45) is 0.237. The second kappa shape index (κ2) is 11.2. The number of aryl methyl sites for hydroxylation is 1. The van der Waals surface area contributed by atoms with Crippen LogP contribution in [0.25, 0.3) is 0 Å². The van der Waals surface area contributed by atoms with Crippen molar-refractivity contribution in [3.63, 3.8) is 0 Å². The highest BCUT2D eigenvalue weighted by atomic mass is 16.2. The maximum absolute atomic E-state index is 12.5. The molecule has 0 unspecified atom stereocenters. The number of benzene rings is 2. The van der Waals surface area contributed by atoms with E-state index in [0.29, 0.717) is 32.7 Å². The predicted molar refractivity (Wildman–Crippen MR) is 124 cm³/mol. The Morgan fingerprint density at radius 2 is 1.62 bits per heavy atom. The maximum atomic E-state index is 12.5. The van der Waals surface area contributed by atoms with E-state index in [0.717, 1.165) is 16.8 Å². The molecule has 0 aromatic heterocycles. The summed E-state index contributed by atoms with van der Waals surface area (Å²) in [5.41, 5.74) is 2.89. The van der Waals surface area contributed by atoms with Crippen molar-refractivity contribution in [1.29, 1.82) is 0 Å². The van der Waals surface area contributed by atoms with Crippen molar-refractivity contribution in [3.05, 3.63) is 65.7 Å². The number of nitrogens with zero attached hydrogens (tertiary/aromatic N) is 3. The van der Waals surface area contributed by atoms with Crippen LogP contribution in [-0.4, -0.2) is 72.4 Å². The van der Waals surface area contributed by atoms with Gasteiger partial charge in [0.25, 0.3) is 0 Å². The molecule has 0 bridgehead atoms. The lowest BCUT2D eigenvalue weighted by Crippen LogP contribution is -2.52. The molecular weight excluding hydrogens is 406 g/mol. The van der Waals surface area contributed by atoms with Gasteiger partial charge in [-0.3, -0.25) is 4.79 Å². The van der Waals surface area contributed by atoms with Crippen molar-refractivity contribution in [1.82, 2.24) is 20.0 Å². The van der Waals surface area contributed by atoms with Crippen LogP contribution in [0.2, 0.25) is 0 Å². The number of rotatable bonds is 6. The van der Waals surface area contributed by atoms with E-state index in [2.05, 4.69) is 10.6 Å². The van der Waals surface area contributed by atoms with Crippen LogP contribution in [0.15, 0.2) is 54.6 Å². The van der Waals surface area contributed by atoms with Crippen LogP contribution in [0.3, 0.4) is 0 Å². The molecule has 2 N–H and O–H groups in total. The number of hydrogen-bond acceptors (Lipinski definition) is 3. The highest BCUT2D eigenvalue weighted by molar-refractivity contribution is 5.89. The first-order valence-corrected chi connectivity index (χ1v) is 10.9. The third kappa shape index (κ3) is 6.73. The van der Waals surface area contributed by atoms with E-state index in [9.17, 15) is 14.4 Å². The molecule has 5 amide bonds. The molecule has 0 radical (unpaired) electrons. The molecule has 1 heterocycles. The summed E-state index contributed by atoms with van der Waals surface area (Å²) in [7, 11) is 1.73. The summed E-state index contributed by atoms with van der Waals surface area (Å²) in [6.45, 7) is 4.71. The van der Waals surface area contributed by atoms with Gasteiger partial charge in [0, 0.05) is 58.4 Å². The Morgan fingerprint density at radius 3 is 2.31 bits per heavy atom. The molecule has 8 nitrogen and oxygen atoms in total. The van der Waals surface area contributed by atoms with Gasteiger partial charge in [-0.1, -0.05) is 42.5 Å². The molecule has 1 aliphatic rings. The van der Waals surface area contributed by atoms with Crippen LogP contribution >= 0.6 is 0 Å². The molecular formula is C24H31N5O3. The van der Waals surface area contributed by atoms with E-state index in [-0.39, 0.29) is 30.9 Å². The van der Waals surface area contributed by atoms with Gasteiger partial charge in [-0.15, -0.1) is 0 Å². The Balaban J connectivity index is 1.35. The summed E-state index contributed by atoms with van der Waals surface area (Å²) in [6, 6.07) is 17.0. The Hall–Kier alpha value is -3.55. The van der Waals surface area contributed by atoms with E-state index in [1.54, 1.807) is 21.7 Å². The topological polar surface area (TPSA) is 85.0 Å². The summed E-state index contributed by atoms with van der Waals surface area (Å²) in [4.78, 5) is 42.2. The third-order valence-electron chi connectivity index (χ3n) is 5.41. The third-order valence-corrected chi connectivity index (χ3v) is 5.41. The van der Waals surface area contributed by atoms with E-state index >= 15 is 0 Å². The summed E-state index contributed by atoms with van der Waals surface area (Å²) in [5, 5.41) is 5.70. The summed E-state index contributed by atoms with van der Waals surface area (Å²) >= 11 is 0. The fourth-order valence-electron chi connectivity index (χ4n) is 3.58.